The third-order valence-corrected chi connectivity index (χ3v) is 5.65. The largest absolute Gasteiger partial charge is 0.493 e. The lowest BCUT2D eigenvalue weighted by Gasteiger charge is -2.37. The van der Waals surface area contributed by atoms with Gasteiger partial charge in [0.2, 0.25) is 0 Å². The van der Waals surface area contributed by atoms with Crippen LogP contribution in [0.1, 0.15) is 25.7 Å². The first kappa shape index (κ1) is 16.7. The van der Waals surface area contributed by atoms with Gasteiger partial charge in [-0.15, -0.1) is 0 Å². The predicted molar refractivity (Wildman–Crippen MR) is 103 cm³/mol. The first-order chi connectivity index (χ1) is 12.1. The molecule has 1 saturated heterocycles. The third-order valence-electron chi connectivity index (χ3n) is 5.41. The van der Waals surface area contributed by atoms with Crippen LogP contribution in [0, 0.1) is 0 Å². The number of hydrogen-bond acceptors (Lipinski definition) is 2. The highest BCUT2D eigenvalue weighted by molar-refractivity contribution is 6.31. The van der Waals surface area contributed by atoms with Gasteiger partial charge in [-0.1, -0.05) is 11.6 Å². The van der Waals surface area contributed by atoms with Gasteiger partial charge in [0.1, 0.15) is 16.9 Å². The van der Waals surface area contributed by atoms with Crippen molar-refractivity contribution in [2.24, 2.45) is 0 Å². The Bertz CT molecular complexity index is 880. The Morgan fingerprint density at radius 2 is 1.72 bits per heavy atom. The molecule has 1 aliphatic rings. The molecule has 1 aromatic heterocycles. The lowest BCUT2D eigenvalue weighted by Crippen LogP contribution is -2.48. The van der Waals surface area contributed by atoms with Crippen LogP contribution in [0.25, 0.3) is 21.9 Å². The average Bonchev–Trinajstić information content (AvgIpc) is 2.96. The number of halogens is 1. The van der Waals surface area contributed by atoms with E-state index >= 15 is 0 Å². The smallest absolute Gasteiger partial charge is 0.139 e. The number of rotatable bonds is 5. The summed E-state index contributed by atoms with van der Waals surface area (Å²) >= 11 is 6.05. The Hall–Kier alpha value is -1.71. The zero-order valence-corrected chi connectivity index (χ0v) is 15.5. The van der Waals surface area contributed by atoms with Gasteiger partial charge in [0.05, 0.1) is 33.3 Å². The summed E-state index contributed by atoms with van der Waals surface area (Å²) in [5.74, 6) is 0.874. The number of ether oxygens (including phenoxy) is 1. The Morgan fingerprint density at radius 3 is 2.52 bits per heavy atom. The van der Waals surface area contributed by atoms with Gasteiger partial charge in [-0.2, -0.15) is 0 Å². The summed E-state index contributed by atoms with van der Waals surface area (Å²) in [6, 6.07) is 11.9. The van der Waals surface area contributed by atoms with Crippen LogP contribution >= 0.6 is 11.6 Å². The molecule has 0 N–H and O–H groups in total. The molecule has 0 spiro atoms. The van der Waals surface area contributed by atoms with Gasteiger partial charge < -0.3 is 13.6 Å². The van der Waals surface area contributed by atoms with Crippen molar-refractivity contribution in [3.05, 3.63) is 41.4 Å². The van der Waals surface area contributed by atoms with E-state index in [1.807, 2.05) is 30.3 Å². The van der Waals surface area contributed by atoms with Crippen molar-refractivity contribution < 1.29 is 13.6 Å². The molecule has 3 aromatic rings. The highest BCUT2D eigenvalue weighted by Crippen LogP contribution is 2.32. The fourth-order valence-electron chi connectivity index (χ4n) is 3.96. The average molecular weight is 359 g/mol. The molecule has 4 rings (SSSR count). The summed E-state index contributed by atoms with van der Waals surface area (Å²) in [6.07, 6.45) is 5.21. The first-order valence-corrected chi connectivity index (χ1v) is 9.59. The number of furan rings is 1. The maximum atomic E-state index is 6.05. The SMILES string of the molecule is C[N+]1(CCCOc2ccc3c(c2)oc2cc(Cl)ccc23)CCCCC1. The van der Waals surface area contributed by atoms with E-state index in [1.165, 1.54) is 43.4 Å². The molecule has 0 bridgehead atoms. The number of likely N-dealkylation sites (tertiary alicyclic amines) is 1. The summed E-state index contributed by atoms with van der Waals surface area (Å²) in [6.45, 7) is 4.58. The minimum Gasteiger partial charge on any atom is -0.493 e. The molecule has 2 aromatic carbocycles. The Labute approximate surface area is 153 Å². The van der Waals surface area contributed by atoms with E-state index in [9.17, 15) is 0 Å². The van der Waals surface area contributed by atoms with Crippen LogP contribution in [-0.4, -0.2) is 37.8 Å². The van der Waals surface area contributed by atoms with Crippen LogP contribution in [-0.2, 0) is 0 Å². The van der Waals surface area contributed by atoms with Crippen molar-refractivity contribution in [3.63, 3.8) is 0 Å². The second-order valence-corrected chi connectivity index (χ2v) is 7.89. The molecule has 0 atom stereocenters. The maximum absolute atomic E-state index is 6.05. The molecular formula is C21H25ClNO2+. The molecule has 4 heteroatoms. The number of nitrogens with zero attached hydrogens (tertiary/aromatic N) is 1. The number of fused-ring (bicyclic) bond motifs is 3. The van der Waals surface area contributed by atoms with E-state index in [0.717, 1.165) is 40.7 Å². The van der Waals surface area contributed by atoms with E-state index < -0.39 is 0 Å². The standard InChI is InChI=1S/C21H25ClNO2/c1-23(10-3-2-4-11-23)12-5-13-24-17-7-9-19-18-8-6-16(22)14-20(18)25-21(19)15-17/h6-9,14-15H,2-5,10-13H2,1H3/q+1. The van der Waals surface area contributed by atoms with E-state index in [4.69, 9.17) is 20.8 Å². The monoisotopic (exact) mass is 358 g/mol. The van der Waals surface area contributed by atoms with Crippen molar-refractivity contribution in [1.29, 1.82) is 0 Å². The molecule has 25 heavy (non-hydrogen) atoms. The summed E-state index contributed by atoms with van der Waals surface area (Å²) in [7, 11) is 2.38. The van der Waals surface area contributed by atoms with Crippen molar-refractivity contribution >= 4 is 33.5 Å². The molecule has 3 nitrogen and oxygen atoms in total. The minimum atomic E-state index is 0.692. The fourth-order valence-corrected chi connectivity index (χ4v) is 4.12. The quantitative estimate of drug-likeness (QED) is 0.435. The summed E-state index contributed by atoms with van der Waals surface area (Å²) in [4.78, 5) is 0. The van der Waals surface area contributed by atoms with Gasteiger partial charge in [-0.05, 0) is 43.5 Å². The lowest BCUT2D eigenvalue weighted by atomic mass is 10.1. The molecule has 132 valence electrons. The van der Waals surface area contributed by atoms with E-state index in [0.29, 0.717) is 5.02 Å². The minimum absolute atomic E-state index is 0.692. The Balaban J connectivity index is 1.41. The maximum Gasteiger partial charge on any atom is 0.139 e. The first-order valence-electron chi connectivity index (χ1n) is 9.21. The van der Waals surface area contributed by atoms with Crippen molar-refractivity contribution in [2.75, 3.05) is 33.3 Å². The van der Waals surface area contributed by atoms with Gasteiger partial charge in [-0.25, -0.2) is 0 Å². The molecule has 0 aliphatic carbocycles. The normalized spacial score (nSPS) is 17.2. The van der Waals surface area contributed by atoms with Gasteiger partial charge in [0.25, 0.3) is 0 Å². The van der Waals surface area contributed by atoms with E-state index in [-0.39, 0.29) is 0 Å². The van der Waals surface area contributed by atoms with Crippen molar-refractivity contribution in [2.45, 2.75) is 25.7 Å². The Morgan fingerprint density at radius 1 is 1.00 bits per heavy atom. The van der Waals surface area contributed by atoms with Crippen LogP contribution in [0.15, 0.2) is 40.8 Å². The second-order valence-electron chi connectivity index (χ2n) is 7.45. The zero-order chi connectivity index (χ0) is 17.3. The van der Waals surface area contributed by atoms with Gasteiger partial charge in [0.15, 0.2) is 0 Å². The van der Waals surface area contributed by atoms with Gasteiger partial charge in [0, 0.05) is 34.3 Å². The number of hydrogen-bond donors (Lipinski definition) is 0. The van der Waals surface area contributed by atoms with E-state index in [2.05, 4.69) is 13.1 Å². The summed E-state index contributed by atoms with van der Waals surface area (Å²) < 4.78 is 13.1. The molecule has 0 radical (unpaired) electrons. The van der Waals surface area contributed by atoms with Crippen LogP contribution in [0.2, 0.25) is 5.02 Å². The second kappa shape index (κ2) is 6.89. The van der Waals surface area contributed by atoms with Crippen molar-refractivity contribution in [3.8, 4) is 5.75 Å². The van der Waals surface area contributed by atoms with Crippen LogP contribution < -0.4 is 4.74 Å². The van der Waals surface area contributed by atoms with Crippen LogP contribution in [0.3, 0.4) is 0 Å². The third kappa shape index (κ3) is 3.63. The number of benzene rings is 2. The van der Waals surface area contributed by atoms with Gasteiger partial charge >= 0.3 is 0 Å². The predicted octanol–water partition coefficient (Wildman–Crippen LogP) is 5.64. The van der Waals surface area contributed by atoms with Crippen LogP contribution in [0.4, 0.5) is 0 Å². The molecule has 1 fully saturated rings. The lowest BCUT2D eigenvalue weighted by molar-refractivity contribution is -0.914. The van der Waals surface area contributed by atoms with Crippen LogP contribution in [0.5, 0.6) is 5.75 Å². The molecule has 1 aliphatic heterocycles. The number of quaternary nitrogens is 1. The van der Waals surface area contributed by atoms with Gasteiger partial charge in [-0.3, -0.25) is 0 Å². The molecule has 0 amide bonds. The summed E-state index contributed by atoms with van der Waals surface area (Å²) in [5.41, 5.74) is 1.67. The molecule has 2 heterocycles. The Kier molecular flexibility index (Phi) is 4.61. The summed E-state index contributed by atoms with van der Waals surface area (Å²) in [5, 5.41) is 2.89. The highest BCUT2D eigenvalue weighted by Gasteiger charge is 2.23. The van der Waals surface area contributed by atoms with Crippen molar-refractivity contribution in [1.82, 2.24) is 0 Å². The number of piperidine rings is 1. The molecule has 0 unspecified atom stereocenters. The van der Waals surface area contributed by atoms with E-state index in [1.54, 1.807) is 0 Å². The molecular weight excluding hydrogens is 334 g/mol. The topological polar surface area (TPSA) is 22.4 Å². The fraction of sp³-hybridized carbons (Fsp3) is 0.429. The highest BCUT2D eigenvalue weighted by atomic mass is 35.5. The molecule has 0 saturated carbocycles. The zero-order valence-electron chi connectivity index (χ0n) is 14.8.